The average Bonchev–Trinajstić information content (AvgIpc) is 2.62. The topological polar surface area (TPSA) is 26.8 Å². The fourth-order valence-electron chi connectivity index (χ4n) is 2.75. The SMILES string of the molecule is CN1CCN(Cc2ccc(F)cc2)CC(C(=O)N(C)C)C1. The standard InChI is InChI=1S/C16H24FN3O/c1-18(2)16(21)14-11-19(3)8-9-20(12-14)10-13-4-6-15(17)7-5-13/h4-7,14H,8-12H2,1-3H3. The normalized spacial score (nSPS) is 21.0. The Kier molecular flexibility index (Phi) is 5.31. The second kappa shape index (κ2) is 7.00. The van der Waals surface area contributed by atoms with Gasteiger partial charge in [-0.3, -0.25) is 9.69 Å². The van der Waals surface area contributed by atoms with E-state index >= 15 is 0 Å². The highest BCUT2D eigenvalue weighted by atomic mass is 19.1. The Labute approximate surface area is 126 Å². The second-order valence-electron chi connectivity index (χ2n) is 6.05. The van der Waals surface area contributed by atoms with Crippen molar-refractivity contribution in [2.45, 2.75) is 6.54 Å². The highest BCUT2D eigenvalue weighted by molar-refractivity contribution is 5.78. The van der Waals surface area contributed by atoms with E-state index in [-0.39, 0.29) is 17.6 Å². The van der Waals surface area contributed by atoms with Crippen LogP contribution in [0.15, 0.2) is 24.3 Å². The summed E-state index contributed by atoms with van der Waals surface area (Å²) in [7, 11) is 5.66. The van der Waals surface area contributed by atoms with Gasteiger partial charge in [-0.15, -0.1) is 0 Å². The molecule has 0 saturated carbocycles. The molecule has 21 heavy (non-hydrogen) atoms. The first kappa shape index (κ1) is 15.9. The van der Waals surface area contributed by atoms with Gasteiger partial charge in [0.15, 0.2) is 0 Å². The second-order valence-corrected chi connectivity index (χ2v) is 6.05. The van der Waals surface area contributed by atoms with Gasteiger partial charge in [0.1, 0.15) is 5.82 Å². The van der Waals surface area contributed by atoms with Gasteiger partial charge in [-0.1, -0.05) is 12.1 Å². The molecule has 0 spiro atoms. The summed E-state index contributed by atoms with van der Waals surface area (Å²) in [6, 6.07) is 6.60. The maximum atomic E-state index is 13.0. The lowest BCUT2D eigenvalue weighted by Crippen LogP contribution is -2.40. The minimum absolute atomic E-state index is 0.00653. The summed E-state index contributed by atoms with van der Waals surface area (Å²) >= 11 is 0. The number of likely N-dealkylation sites (N-methyl/N-ethyl adjacent to an activating group) is 1. The van der Waals surface area contributed by atoms with E-state index in [1.54, 1.807) is 19.0 Å². The lowest BCUT2D eigenvalue weighted by atomic mass is 10.1. The molecule has 1 atom stereocenters. The van der Waals surface area contributed by atoms with Crippen LogP contribution in [-0.4, -0.2) is 67.9 Å². The molecule has 1 fully saturated rings. The van der Waals surface area contributed by atoms with Crippen molar-refractivity contribution in [3.8, 4) is 0 Å². The first-order valence-electron chi connectivity index (χ1n) is 7.32. The molecule has 4 nitrogen and oxygen atoms in total. The van der Waals surface area contributed by atoms with Crippen molar-refractivity contribution in [3.05, 3.63) is 35.6 Å². The summed E-state index contributed by atoms with van der Waals surface area (Å²) in [5.74, 6) is -0.0455. The third-order valence-corrected chi connectivity index (χ3v) is 3.92. The van der Waals surface area contributed by atoms with Gasteiger partial charge in [-0.05, 0) is 24.7 Å². The van der Waals surface area contributed by atoms with Gasteiger partial charge in [0.25, 0.3) is 0 Å². The number of hydrogen-bond acceptors (Lipinski definition) is 3. The predicted octanol–water partition coefficient (Wildman–Crippen LogP) is 1.28. The van der Waals surface area contributed by atoms with Crippen LogP contribution in [0.25, 0.3) is 0 Å². The van der Waals surface area contributed by atoms with Crippen LogP contribution in [0.1, 0.15) is 5.56 Å². The summed E-state index contributed by atoms with van der Waals surface area (Å²) in [5.41, 5.74) is 1.08. The quantitative estimate of drug-likeness (QED) is 0.840. The molecule has 0 radical (unpaired) electrons. The molecule has 1 amide bonds. The minimum atomic E-state index is -0.213. The lowest BCUT2D eigenvalue weighted by Gasteiger charge is -2.25. The van der Waals surface area contributed by atoms with Crippen molar-refractivity contribution in [1.82, 2.24) is 14.7 Å². The summed E-state index contributed by atoms with van der Waals surface area (Å²) in [6.45, 7) is 4.16. The maximum Gasteiger partial charge on any atom is 0.227 e. The number of amides is 1. The number of halogens is 1. The number of carbonyl (C=O) groups excluding carboxylic acids is 1. The zero-order chi connectivity index (χ0) is 15.4. The Morgan fingerprint density at radius 2 is 1.90 bits per heavy atom. The average molecular weight is 293 g/mol. The third-order valence-electron chi connectivity index (χ3n) is 3.92. The fourth-order valence-corrected chi connectivity index (χ4v) is 2.75. The van der Waals surface area contributed by atoms with Crippen LogP contribution in [0.5, 0.6) is 0 Å². The number of nitrogens with zero attached hydrogens (tertiary/aromatic N) is 3. The molecule has 1 aromatic rings. The van der Waals surface area contributed by atoms with Gasteiger partial charge in [-0.25, -0.2) is 4.39 Å². The van der Waals surface area contributed by atoms with Crippen molar-refractivity contribution in [3.63, 3.8) is 0 Å². The molecule has 1 unspecified atom stereocenters. The number of benzene rings is 1. The van der Waals surface area contributed by atoms with E-state index < -0.39 is 0 Å². The van der Waals surface area contributed by atoms with Gasteiger partial charge in [0, 0.05) is 46.8 Å². The van der Waals surface area contributed by atoms with Crippen molar-refractivity contribution >= 4 is 5.91 Å². The van der Waals surface area contributed by atoms with Gasteiger partial charge in [0.05, 0.1) is 5.92 Å². The molecule has 5 heteroatoms. The Balaban J connectivity index is 2.04. The zero-order valence-corrected chi connectivity index (χ0v) is 13.1. The van der Waals surface area contributed by atoms with Crippen molar-refractivity contribution in [2.75, 3.05) is 47.3 Å². The highest BCUT2D eigenvalue weighted by Gasteiger charge is 2.27. The fraction of sp³-hybridized carbons (Fsp3) is 0.562. The highest BCUT2D eigenvalue weighted by Crippen LogP contribution is 2.14. The Morgan fingerprint density at radius 3 is 2.52 bits per heavy atom. The van der Waals surface area contributed by atoms with E-state index in [4.69, 9.17) is 0 Å². The molecular weight excluding hydrogens is 269 g/mol. The number of carbonyl (C=O) groups is 1. The number of rotatable bonds is 3. The summed E-state index contributed by atoms with van der Waals surface area (Å²) in [5, 5.41) is 0. The molecule has 116 valence electrons. The molecule has 1 aromatic carbocycles. The van der Waals surface area contributed by atoms with Crippen molar-refractivity contribution in [2.24, 2.45) is 5.92 Å². The molecule has 0 aliphatic carbocycles. The maximum absolute atomic E-state index is 13.0. The lowest BCUT2D eigenvalue weighted by molar-refractivity contribution is -0.133. The van der Waals surface area contributed by atoms with Crippen LogP contribution in [0.3, 0.4) is 0 Å². The van der Waals surface area contributed by atoms with Crippen molar-refractivity contribution in [1.29, 1.82) is 0 Å². The Bertz CT molecular complexity index is 475. The molecule has 2 rings (SSSR count). The molecule has 1 saturated heterocycles. The molecule has 1 heterocycles. The molecule has 0 bridgehead atoms. The van der Waals surface area contributed by atoms with Crippen LogP contribution in [0.4, 0.5) is 4.39 Å². The van der Waals surface area contributed by atoms with E-state index in [2.05, 4.69) is 16.8 Å². The molecule has 1 aliphatic heterocycles. The van der Waals surface area contributed by atoms with E-state index in [1.165, 1.54) is 12.1 Å². The third kappa shape index (κ3) is 4.51. The summed E-state index contributed by atoms with van der Waals surface area (Å²) in [6.07, 6.45) is 0. The Morgan fingerprint density at radius 1 is 1.24 bits per heavy atom. The van der Waals surface area contributed by atoms with Gasteiger partial charge < -0.3 is 9.80 Å². The zero-order valence-electron chi connectivity index (χ0n) is 13.1. The van der Waals surface area contributed by atoms with E-state index in [1.807, 2.05) is 12.1 Å². The van der Waals surface area contributed by atoms with Crippen molar-refractivity contribution < 1.29 is 9.18 Å². The molecule has 0 aromatic heterocycles. The number of hydrogen-bond donors (Lipinski definition) is 0. The van der Waals surface area contributed by atoms with Gasteiger partial charge in [-0.2, -0.15) is 0 Å². The van der Waals surface area contributed by atoms with Crippen LogP contribution < -0.4 is 0 Å². The van der Waals surface area contributed by atoms with E-state index in [0.717, 1.165) is 38.3 Å². The largest absolute Gasteiger partial charge is 0.348 e. The molecular formula is C16H24FN3O. The first-order chi connectivity index (χ1) is 9.95. The van der Waals surface area contributed by atoms with Crippen LogP contribution in [0, 0.1) is 11.7 Å². The van der Waals surface area contributed by atoms with Crippen LogP contribution in [0.2, 0.25) is 0 Å². The predicted molar refractivity (Wildman–Crippen MR) is 81.4 cm³/mol. The first-order valence-corrected chi connectivity index (χ1v) is 7.32. The summed E-state index contributed by atoms with van der Waals surface area (Å²) in [4.78, 5) is 18.4. The molecule has 0 N–H and O–H groups in total. The van der Waals surface area contributed by atoms with E-state index in [0.29, 0.717) is 0 Å². The van der Waals surface area contributed by atoms with Gasteiger partial charge >= 0.3 is 0 Å². The van der Waals surface area contributed by atoms with E-state index in [9.17, 15) is 9.18 Å². The summed E-state index contributed by atoms with van der Waals surface area (Å²) < 4.78 is 13.0. The molecule has 1 aliphatic rings. The van der Waals surface area contributed by atoms with Crippen LogP contribution >= 0.6 is 0 Å². The minimum Gasteiger partial charge on any atom is -0.348 e. The van der Waals surface area contributed by atoms with Gasteiger partial charge in [0.2, 0.25) is 5.91 Å². The smallest absolute Gasteiger partial charge is 0.227 e. The monoisotopic (exact) mass is 293 g/mol. The van der Waals surface area contributed by atoms with Crippen LogP contribution in [-0.2, 0) is 11.3 Å². The Hall–Kier alpha value is -1.46.